The number of hydrogen-bond acceptors (Lipinski definition) is 5. The Labute approximate surface area is 178 Å². The largest absolute Gasteiger partial charge is 0.489 e. The Morgan fingerprint density at radius 3 is 2.70 bits per heavy atom. The molecule has 2 heterocycles. The second-order valence-corrected chi connectivity index (χ2v) is 7.11. The van der Waals surface area contributed by atoms with Gasteiger partial charge in [0.2, 0.25) is 0 Å². The highest BCUT2D eigenvalue weighted by atomic mass is 35.5. The van der Waals surface area contributed by atoms with Gasteiger partial charge in [-0.05, 0) is 36.8 Å². The van der Waals surface area contributed by atoms with Gasteiger partial charge in [0, 0.05) is 11.2 Å². The van der Waals surface area contributed by atoms with E-state index in [1.807, 2.05) is 30.3 Å². The van der Waals surface area contributed by atoms with Crippen LogP contribution < -0.4 is 10.1 Å². The van der Waals surface area contributed by atoms with Crippen LogP contribution in [0.15, 0.2) is 71.5 Å². The second-order valence-electron chi connectivity index (χ2n) is 6.67. The number of aromatic nitrogens is 3. The minimum absolute atomic E-state index is 0.146. The van der Waals surface area contributed by atoms with Gasteiger partial charge in [0.15, 0.2) is 5.69 Å². The van der Waals surface area contributed by atoms with Crippen LogP contribution in [0, 0.1) is 6.92 Å². The number of halogens is 1. The zero-order chi connectivity index (χ0) is 20.9. The lowest BCUT2D eigenvalue weighted by Crippen LogP contribution is -2.15. The molecule has 0 aliphatic carbocycles. The highest BCUT2D eigenvalue weighted by Gasteiger charge is 2.21. The zero-order valence-corrected chi connectivity index (χ0v) is 17.0. The Hall–Kier alpha value is -3.58. The molecule has 0 atom stereocenters. The van der Waals surface area contributed by atoms with E-state index in [1.165, 1.54) is 0 Å². The molecule has 1 N–H and O–H groups in total. The molecule has 0 bridgehead atoms. The molecule has 0 aliphatic rings. The first-order valence-corrected chi connectivity index (χ1v) is 9.67. The molecule has 0 unspecified atom stereocenters. The van der Waals surface area contributed by atoms with Crippen molar-refractivity contribution in [3.05, 3.63) is 94.6 Å². The van der Waals surface area contributed by atoms with Crippen LogP contribution in [0.5, 0.6) is 5.75 Å². The smallest absolute Gasteiger partial charge is 0.278 e. The van der Waals surface area contributed by atoms with Crippen molar-refractivity contribution in [3.63, 3.8) is 0 Å². The summed E-state index contributed by atoms with van der Waals surface area (Å²) in [5.41, 5.74) is 2.45. The molecule has 0 spiro atoms. The van der Waals surface area contributed by atoms with E-state index < -0.39 is 0 Å². The number of carbonyl (C=O) groups excluding carboxylic acids is 1. The third-order valence-electron chi connectivity index (χ3n) is 4.48. The summed E-state index contributed by atoms with van der Waals surface area (Å²) in [5, 5.41) is 11.6. The molecular formula is C22H19ClN4O3. The number of hydrogen-bond donors (Lipinski definition) is 1. The van der Waals surface area contributed by atoms with Crippen molar-refractivity contribution in [1.29, 1.82) is 0 Å². The Bertz CT molecular complexity index is 1140. The fourth-order valence-corrected chi connectivity index (χ4v) is 3.03. The Kier molecular flexibility index (Phi) is 5.81. The first-order valence-electron chi connectivity index (χ1n) is 9.30. The van der Waals surface area contributed by atoms with Crippen LogP contribution in [0.4, 0.5) is 5.69 Å². The van der Waals surface area contributed by atoms with Gasteiger partial charge in [-0.2, -0.15) is 5.10 Å². The maximum absolute atomic E-state index is 12.7. The first kappa shape index (κ1) is 19.7. The molecule has 2 aromatic carbocycles. The highest BCUT2D eigenvalue weighted by molar-refractivity contribution is 6.30. The molecule has 2 aromatic heterocycles. The van der Waals surface area contributed by atoms with Crippen LogP contribution in [0.1, 0.15) is 27.4 Å². The summed E-state index contributed by atoms with van der Waals surface area (Å²) in [6.45, 7) is 2.50. The summed E-state index contributed by atoms with van der Waals surface area (Å²) in [4.78, 5) is 12.7. The van der Waals surface area contributed by atoms with Gasteiger partial charge in [-0.1, -0.05) is 47.1 Å². The number of aryl methyl sites for hydroxylation is 1. The molecule has 0 radical (unpaired) electrons. The molecule has 0 saturated carbocycles. The standard InChI is InChI=1S/C22H19ClN4O3/c1-15-20(14-29-19-9-7-17(23)8-10-19)21(26-30-15)22(28)25-18-11-24-27(13-18)12-16-5-3-2-4-6-16/h2-11,13H,12,14H2,1H3,(H,25,28). The molecule has 4 aromatic rings. The summed E-state index contributed by atoms with van der Waals surface area (Å²) >= 11 is 5.89. The molecule has 7 nitrogen and oxygen atoms in total. The van der Waals surface area contributed by atoms with Crippen LogP contribution in [0.2, 0.25) is 5.02 Å². The molecule has 1 amide bonds. The van der Waals surface area contributed by atoms with E-state index in [-0.39, 0.29) is 18.2 Å². The van der Waals surface area contributed by atoms with E-state index in [0.29, 0.717) is 34.3 Å². The molecular weight excluding hydrogens is 404 g/mol. The number of anilines is 1. The van der Waals surface area contributed by atoms with Crippen LogP contribution in [-0.4, -0.2) is 20.8 Å². The zero-order valence-electron chi connectivity index (χ0n) is 16.2. The number of nitrogens with one attached hydrogen (secondary N) is 1. The van der Waals surface area contributed by atoms with Gasteiger partial charge in [0.1, 0.15) is 18.1 Å². The highest BCUT2D eigenvalue weighted by Crippen LogP contribution is 2.21. The Morgan fingerprint density at radius 1 is 1.17 bits per heavy atom. The quantitative estimate of drug-likeness (QED) is 0.466. The fraction of sp³-hybridized carbons (Fsp3) is 0.136. The normalized spacial score (nSPS) is 10.7. The predicted octanol–water partition coefficient (Wildman–Crippen LogP) is 4.71. The minimum atomic E-state index is -0.388. The summed E-state index contributed by atoms with van der Waals surface area (Å²) < 4.78 is 12.7. The monoisotopic (exact) mass is 422 g/mol. The average Bonchev–Trinajstić information content (AvgIpc) is 3.34. The second kappa shape index (κ2) is 8.84. The number of ether oxygens (including phenoxy) is 1. The lowest BCUT2D eigenvalue weighted by Gasteiger charge is -2.07. The van der Waals surface area contributed by atoms with Crippen molar-refractivity contribution in [2.24, 2.45) is 0 Å². The summed E-state index contributed by atoms with van der Waals surface area (Å²) in [6, 6.07) is 16.9. The van der Waals surface area contributed by atoms with Crippen molar-refractivity contribution in [3.8, 4) is 5.75 Å². The van der Waals surface area contributed by atoms with E-state index in [4.69, 9.17) is 20.9 Å². The van der Waals surface area contributed by atoms with Gasteiger partial charge in [-0.15, -0.1) is 0 Å². The van der Waals surface area contributed by atoms with E-state index in [2.05, 4.69) is 15.6 Å². The fourth-order valence-electron chi connectivity index (χ4n) is 2.90. The van der Waals surface area contributed by atoms with E-state index in [0.717, 1.165) is 5.56 Å². The van der Waals surface area contributed by atoms with Crippen molar-refractivity contribution in [2.45, 2.75) is 20.1 Å². The number of amides is 1. The van der Waals surface area contributed by atoms with Crippen LogP contribution in [-0.2, 0) is 13.2 Å². The van der Waals surface area contributed by atoms with Gasteiger partial charge in [-0.25, -0.2) is 0 Å². The number of nitrogens with zero attached hydrogens (tertiary/aromatic N) is 3. The van der Waals surface area contributed by atoms with Crippen molar-refractivity contribution in [2.75, 3.05) is 5.32 Å². The molecule has 8 heteroatoms. The van der Waals surface area contributed by atoms with Gasteiger partial charge in [0.05, 0.1) is 24.0 Å². The van der Waals surface area contributed by atoms with Crippen molar-refractivity contribution in [1.82, 2.24) is 14.9 Å². The van der Waals surface area contributed by atoms with Crippen LogP contribution >= 0.6 is 11.6 Å². The van der Waals surface area contributed by atoms with Gasteiger partial charge in [0.25, 0.3) is 5.91 Å². The molecule has 0 saturated heterocycles. The predicted molar refractivity (Wildman–Crippen MR) is 113 cm³/mol. The van der Waals surface area contributed by atoms with Crippen molar-refractivity contribution >= 4 is 23.2 Å². The van der Waals surface area contributed by atoms with E-state index in [9.17, 15) is 4.79 Å². The summed E-state index contributed by atoms with van der Waals surface area (Å²) in [7, 11) is 0. The third-order valence-corrected chi connectivity index (χ3v) is 4.73. The number of benzene rings is 2. The summed E-state index contributed by atoms with van der Waals surface area (Å²) in [5.74, 6) is 0.767. The molecule has 30 heavy (non-hydrogen) atoms. The van der Waals surface area contributed by atoms with E-state index in [1.54, 1.807) is 48.3 Å². The Balaban J connectivity index is 1.42. The Morgan fingerprint density at radius 2 is 1.93 bits per heavy atom. The molecule has 0 aliphatic heterocycles. The van der Waals surface area contributed by atoms with E-state index >= 15 is 0 Å². The number of rotatable bonds is 7. The number of carbonyl (C=O) groups is 1. The SMILES string of the molecule is Cc1onc(C(=O)Nc2cnn(Cc3ccccc3)c2)c1COc1ccc(Cl)cc1. The van der Waals surface area contributed by atoms with Crippen molar-refractivity contribution < 1.29 is 14.1 Å². The van der Waals surface area contributed by atoms with Gasteiger partial charge >= 0.3 is 0 Å². The lowest BCUT2D eigenvalue weighted by molar-refractivity contribution is 0.101. The maximum atomic E-state index is 12.7. The van der Waals surface area contributed by atoms with Gasteiger partial charge < -0.3 is 14.6 Å². The topological polar surface area (TPSA) is 82.2 Å². The lowest BCUT2D eigenvalue weighted by atomic mass is 10.2. The van der Waals surface area contributed by atoms with Crippen LogP contribution in [0.3, 0.4) is 0 Å². The first-order chi connectivity index (χ1) is 14.6. The van der Waals surface area contributed by atoms with Crippen LogP contribution in [0.25, 0.3) is 0 Å². The average molecular weight is 423 g/mol. The molecule has 0 fully saturated rings. The molecule has 4 rings (SSSR count). The summed E-state index contributed by atoms with van der Waals surface area (Å²) in [6.07, 6.45) is 3.36. The molecule has 152 valence electrons. The van der Waals surface area contributed by atoms with Gasteiger partial charge in [-0.3, -0.25) is 9.48 Å². The minimum Gasteiger partial charge on any atom is -0.489 e. The maximum Gasteiger partial charge on any atom is 0.278 e. The third kappa shape index (κ3) is 4.69.